The molecule has 0 aliphatic rings. The van der Waals surface area contributed by atoms with Gasteiger partial charge in [-0.1, -0.05) is 0 Å². The molecule has 0 radical (unpaired) electrons. The zero-order valence-electron chi connectivity index (χ0n) is 15.8. The smallest absolute Gasteiger partial charge is 0.195 e. The Morgan fingerprint density at radius 2 is 1.88 bits per heavy atom. The van der Waals surface area contributed by atoms with Crippen molar-refractivity contribution in [2.75, 3.05) is 45.8 Å². The molecule has 0 bridgehead atoms. The Morgan fingerprint density at radius 3 is 2.52 bits per heavy atom. The van der Waals surface area contributed by atoms with E-state index in [4.69, 9.17) is 14.2 Å². The Balaban J connectivity index is 0.00000576. The number of hydrogen-bond acceptors (Lipinski definition) is 4. The summed E-state index contributed by atoms with van der Waals surface area (Å²) in [5.74, 6) is 2.22. The molecular weight excluding hydrogens is 433 g/mol. The third-order valence-electron chi connectivity index (χ3n) is 3.35. The van der Waals surface area contributed by atoms with Gasteiger partial charge in [0, 0.05) is 38.6 Å². The molecule has 0 saturated heterocycles. The third kappa shape index (κ3) is 9.74. The second-order valence-electron chi connectivity index (χ2n) is 5.24. The van der Waals surface area contributed by atoms with Gasteiger partial charge in [0.2, 0.25) is 0 Å². The number of guanidine groups is 1. The lowest BCUT2D eigenvalue weighted by atomic mass is 10.2. The van der Waals surface area contributed by atoms with Crippen molar-refractivity contribution in [2.24, 2.45) is 4.99 Å². The van der Waals surface area contributed by atoms with Crippen molar-refractivity contribution in [3.8, 4) is 11.5 Å². The average molecular weight is 465 g/mol. The van der Waals surface area contributed by atoms with Crippen molar-refractivity contribution < 1.29 is 14.2 Å². The highest BCUT2D eigenvalue weighted by atomic mass is 127. The number of methoxy groups -OCH3 is 2. The highest BCUT2D eigenvalue weighted by Crippen LogP contribution is 2.30. The van der Waals surface area contributed by atoms with Gasteiger partial charge in [-0.05, 0) is 45.2 Å². The van der Waals surface area contributed by atoms with Gasteiger partial charge in [-0.2, -0.15) is 0 Å². The summed E-state index contributed by atoms with van der Waals surface area (Å²) in [6.07, 6.45) is 3.24. The number of unbranched alkanes of at least 4 members (excludes halogenated alkanes) is 2. The quantitative estimate of drug-likeness (QED) is 0.225. The minimum absolute atomic E-state index is 0. The van der Waals surface area contributed by atoms with Gasteiger partial charge in [0.25, 0.3) is 0 Å². The van der Waals surface area contributed by atoms with Crippen LogP contribution in [0.3, 0.4) is 0 Å². The van der Waals surface area contributed by atoms with E-state index in [2.05, 4.69) is 22.5 Å². The van der Waals surface area contributed by atoms with Crippen molar-refractivity contribution in [3.63, 3.8) is 0 Å². The van der Waals surface area contributed by atoms with E-state index in [0.717, 1.165) is 62.1 Å². The summed E-state index contributed by atoms with van der Waals surface area (Å²) in [6.45, 7) is 7.01. The highest BCUT2D eigenvalue weighted by Gasteiger charge is 2.06. The van der Waals surface area contributed by atoms with Crippen LogP contribution in [0.15, 0.2) is 23.2 Å². The maximum atomic E-state index is 5.61. The predicted octanol–water partition coefficient (Wildman–Crippen LogP) is 3.91. The lowest BCUT2D eigenvalue weighted by Gasteiger charge is -2.14. The first-order valence-corrected chi connectivity index (χ1v) is 8.60. The molecule has 0 aliphatic heterocycles. The van der Waals surface area contributed by atoms with Crippen LogP contribution in [0, 0.1) is 0 Å². The molecule has 1 rings (SSSR count). The summed E-state index contributed by atoms with van der Waals surface area (Å²) < 4.78 is 16.0. The topological polar surface area (TPSA) is 64.1 Å². The van der Waals surface area contributed by atoms with Crippen molar-refractivity contribution in [1.29, 1.82) is 0 Å². The van der Waals surface area contributed by atoms with Crippen LogP contribution in [0.4, 0.5) is 5.69 Å². The van der Waals surface area contributed by atoms with Gasteiger partial charge in [-0.15, -0.1) is 24.0 Å². The second kappa shape index (κ2) is 15.1. The van der Waals surface area contributed by atoms with Crippen LogP contribution >= 0.6 is 24.0 Å². The monoisotopic (exact) mass is 465 g/mol. The fraction of sp³-hybridized carbons (Fsp3) is 0.611. The number of hydrogen-bond donors (Lipinski definition) is 2. The summed E-state index contributed by atoms with van der Waals surface area (Å²) in [5, 5.41) is 6.57. The number of nitrogens with one attached hydrogen (secondary N) is 2. The molecule has 0 unspecified atom stereocenters. The molecule has 0 spiro atoms. The van der Waals surface area contributed by atoms with E-state index < -0.39 is 0 Å². The molecule has 0 amide bonds. The average Bonchev–Trinajstić information content (AvgIpc) is 2.58. The molecule has 0 aliphatic carbocycles. The summed E-state index contributed by atoms with van der Waals surface area (Å²) in [5.41, 5.74) is 0.915. The Labute approximate surface area is 168 Å². The first-order chi connectivity index (χ1) is 11.7. The second-order valence-corrected chi connectivity index (χ2v) is 5.24. The molecule has 0 aromatic heterocycles. The molecule has 1 aromatic rings. The summed E-state index contributed by atoms with van der Waals surface area (Å²) in [6, 6.07) is 5.77. The van der Waals surface area contributed by atoms with Gasteiger partial charge < -0.3 is 24.8 Å². The number of halogens is 1. The maximum Gasteiger partial charge on any atom is 0.195 e. The Hall–Kier alpha value is -1.22. The van der Waals surface area contributed by atoms with Gasteiger partial charge in [0.1, 0.15) is 0 Å². The first-order valence-electron chi connectivity index (χ1n) is 8.60. The fourth-order valence-corrected chi connectivity index (χ4v) is 2.19. The highest BCUT2D eigenvalue weighted by molar-refractivity contribution is 14.0. The van der Waals surface area contributed by atoms with Crippen LogP contribution in [-0.4, -0.2) is 46.5 Å². The van der Waals surface area contributed by atoms with Crippen molar-refractivity contribution in [1.82, 2.24) is 5.32 Å². The fourth-order valence-electron chi connectivity index (χ4n) is 2.19. The largest absolute Gasteiger partial charge is 0.493 e. The molecule has 25 heavy (non-hydrogen) atoms. The SMILES string of the molecule is CCNC(=NCCCCCOC)Nc1ccc(OC)c(OCC)c1.I. The molecule has 0 saturated carbocycles. The van der Waals surface area contributed by atoms with Crippen LogP contribution in [-0.2, 0) is 4.74 Å². The molecule has 7 heteroatoms. The van der Waals surface area contributed by atoms with Gasteiger partial charge in [-0.3, -0.25) is 4.99 Å². The van der Waals surface area contributed by atoms with E-state index in [1.165, 1.54) is 0 Å². The molecule has 1 aromatic carbocycles. The van der Waals surface area contributed by atoms with E-state index in [1.807, 2.05) is 25.1 Å². The number of ether oxygens (including phenoxy) is 3. The number of benzene rings is 1. The molecule has 2 N–H and O–H groups in total. The van der Waals surface area contributed by atoms with Crippen molar-refractivity contribution in [2.45, 2.75) is 33.1 Å². The number of anilines is 1. The summed E-state index contributed by atoms with van der Waals surface area (Å²) in [4.78, 5) is 4.61. The maximum absolute atomic E-state index is 5.61. The van der Waals surface area contributed by atoms with E-state index in [1.54, 1.807) is 14.2 Å². The van der Waals surface area contributed by atoms with Crippen LogP contribution in [0.25, 0.3) is 0 Å². The van der Waals surface area contributed by atoms with Gasteiger partial charge in [-0.25, -0.2) is 0 Å². The van der Waals surface area contributed by atoms with E-state index in [9.17, 15) is 0 Å². The van der Waals surface area contributed by atoms with Gasteiger partial charge >= 0.3 is 0 Å². The molecule has 144 valence electrons. The molecule has 0 atom stereocenters. The number of rotatable bonds is 11. The van der Waals surface area contributed by atoms with Crippen LogP contribution < -0.4 is 20.1 Å². The Morgan fingerprint density at radius 1 is 1.08 bits per heavy atom. The Bertz CT molecular complexity index is 498. The lowest BCUT2D eigenvalue weighted by Crippen LogP contribution is -2.30. The van der Waals surface area contributed by atoms with Crippen LogP contribution in [0.2, 0.25) is 0 Å². The van der Waals surface area contributed by atoms with Gasteiger partial charge in [0.15, 0.2) is 17.5 Å². The Kier molecular flexibility index (Phi) is 14.3. The van der Waals surface area contributed by atoms with Gasteiger partial charge in [0.05, 0.1) is 13.7 Å². The van der Waals surface area contributed by atoms with E-state index in [0.29, 0.717) is 6.61 Å². The lowest BCUT2D eigenvalue weighted by molar-refractivity contribution is 0.192. The zero-order chi connectivity index (χ0) is 17.6. The third-order valence-corrected chi connectivity index (χ3v) is 3.35. The first kappa shape index (κ1) is 23.8. The zero-order valence-corrected chi connectivity index (χ0v) is 18.1. The normalized spacial score (nSPS) is 10.8. The predicted molar refractivity (Wildman–Crippen MR) is 115 cm³/mol. The van der Waals surface area contributed by atoms with E-state index >= 15 is 0 Å². The minimum Gasteiger partial charge on any atom is -0.493 e. The van der Waals surface area contributed by atoms with Crippen molar-refractivity contribution >= 4 is 35.6 Å². The molecule has 0 fully saturated rings. The number of aliphatic imine (C=N–C) groups is 1. The standard InChI is InChI=1S/C18H31N3O3.HI/c1-5-19-18(20-12-8-7-9-13-22-3)21-15-10-11-16(23-4)17(14-15)24-6-2;/h10-11,14H,5-9,12-13H2,1-4H3,(H2,19,20,21);1H. The minimum atomic E-state index is 0. The molecule has 0 heterocycles. The summed E-state index contributed by atoms with van der Waals surface area (Å²) in [7, 11) is 3.37. The molecular formula is C18H32IN3O3. The van der Waals surface area contributed by atoms with Crippen molar-refractivity contribution in [3.05, 3.63) is 18.2 Å². The van der Waals surface area contributed by atoms with Crippen LogP contribution in [0.1, 0.15) is 33.1 Å². The summed E-state index contributed by atoms with van der Waals surface area (Å²) >= 11 is 0. The number of nitrogens with zero attached hydrogens (tertiary/aromatic N) is 1. The molecule has 6 nitrogen and oxygen atoms in total. The van der Waals surface area contributed by atoms with E-state index in [-0.39, 0.29) is 24.0 Å². The van der Waals surface area contributed by atoms with Crippen LogP contribution in [0.5, 0.6) is 11.5 Å².